The van der Waals surface area contributed by atoms with Crippen molar-refractivity contribution in [1.29, 1.82) is 0 Å². The molecular formula is C14H11ClFN3O2. The van der Waals surface area contributed by atoms with E-state index in [4.69, 9.17) is 22.1 Å². The van der Waals surface area contributed by atoms with Crippen LogP contribution in [0.5, 0.6) is 11.5 Å². The van der Waals surface area contributed by atoms with E-state index < -0.39 is 6.03 Å². The van der Waals surface area contributed by atoms with Crippen molar-refractivity contribution in [1.82, 2.24) is 5.43 Å². The van der Waals surface area contributed by atoms with Crippen LogP contribution in [0.25, 0.3) is 0 Å². The van der Waals surface area contributed by atoms with E-state index in [2.05, 4.69) is 10.5 Å². The summed E-state index contributed by atoms with van der Waals surface area (Å²) in [5.74, 6) is 0.542. The molecule has 0 unspecified atom stereocenters. The van der Waals surface area contributed by atoms with Gasteiger partial charge in [0.1, 0.15) is 17.3 Å². The molecule has 21 heavy (non-hydrogen) atoms. The Morgan fingerprint density at radius 3 is 2.62 bits per heavy atom. The molecule has 0 atom stereocenters. The van der Waals surface area contributed by atoms with Crippen molar-refractivity contribution in [3.05, 3.63) is 58.9 Å². The van der Waals surface area contributed by atoms with Gasteiger partial charge in [-0.3, -0.25) is 0 Å². The maximum absolute atomic E-state index is 12.8. The van der Waals surface area contributed by atoms with Crippen molar-refractivity contribution in [3.63, 3.8) is 0 Å². The van der Waals surface area contributed by atoms with E-state index in [-0.39, 0.29) is 5.82 Å². The number of nitrogens with zero attached hydrogens (tertiary/aromatic N) is 1. The molecule has 7 heteroatoms. The summed E-state index contributed by atoms with van der Waals surface area (Å²) < 4.78 is 18.3. The average Bonchev–Trinajstić information content (AvgIpc) is 2.44. The van der Waals surface area contributed by atoms with E-state index in [1.54, 1.807) is 18.2 Å². The molecule has 0 heterocycles. The van der Waals surface area contributed by atoms with E-state index in [1.165, 1.54) is 30.5 Å². The summed E-state index contributed by atoms with van der Waals surface area (Å²) >= 11 is 6.08. The zero-order valence-corrected chi connectivity index (χ0v) is 11.5. The van der Waals surface area contributed by atoms with Gasteiger partial charge in [0.25, 0.3) is 0 Å². The second-order valence-corrected chi connectivity index (χ2v) is 4.39. The lowest BCUT2D eigenvalue weighted by Crippen LogP contribution is -2.24. The average molecular weight is 308 g/mol. The van der Waals surface area contributed by atoms with Gasteiger partial charge in [-0.25, -0.2) is 14.6 Å². The number of nitrogens with one attached hydrogen (secondary N) is 1. The predicted octanol–water partition coefficient (Wildman–Crippen LogP) is 3.27. The van der Waals surface area contributed by atoms with Crippen LogP contribution in [-0.2, 0) is 0 Å². The number of urea groups is 1. The van der Waals surface area contributed by atoms with Gasteiger partial charge in [0, 0.05) is 0 Å². The molecule has 2 rings (SSSR count). The van der Waals surface area contributed by atoms with E-state index >= 15 is 0 Å². The molecule has 0 saturated heterocycles. The number of rotatable bonds is 4. The predicted molar refractivity (Wildman–Crippen MR) is 78.2 cm³/mol. The van der Waals surface area contributed by atoms with Gasteiger partial charge in [-0.05, 0) is 48.0 Å². The standard InChI is InChI=1S/C14H11ClFN3O2/c15-12-7-9(8-18-19-14(17)20)1-6-13(12)21-11-4-2-10(16)3-5-11/h1-8H,(H3,17,19,20). The molecule has 0 aliphatic carbocycles. The maximum atomic E-state index is 12.8. The third-order valence-electron chi connectivity index (χ3n) is 2.39. The summed E-state index contributed by atoms with van der Waals surface area (Å²) in [6.45, 7) is 0. The summed E-state index contributed by atoms with van der Waals surface area (Å²) in [5.41, 5.74) is 7.60. The van der Waals surface area contributed by atoms with Gasteiger partial charge in [-0.15, -0.1) is 0 Å². The molecule has 0 saturated carbocycles. The van der Waals surface area contributed by atoms with Crippen molar-refractivity contribution < 1.29 is 13.9 Å². The lowest BCUT2D eigenvalue weighted by molar-refractivity contribution is 0.249. The molecule has 0 aromatic heterocycles. The van der Waals surface area contributed by atoms with Gasteiger partial charge in [0.15, 0.2) is 0 Å². The molecule has 0 aliphatic rings. The number of carbonyl (C=O) groups excluding carboxylic acids is 1. The molecule has 0 radical (unpaired) electrons. The highest BCUT2D eigenvalue weighted by molar-refractivity contribution is 6.32. The Kier molecular flexibility index (Phi) is 4.73. The zero-order valence-electron chi connectivity index (χ0n) is 10.7. The SMILES string of the molecule is NC(=O)NN=Cc1ccc(Oc2ccc(F)cc2)c(Cl)c1. The summed E-state index contributed by atoms with van der Waals surface area (Å²) in [6, 6.07) is 9.75. The molecular weight excluding hydrogens is 297 g/mol. The Balaban J connectivity index is 2.10. The van der Waals surface area contributed by atoms with Crippen molar-refractivity contribution >= 4 is 23.8 Å². The Labute approximate surface area is 125 Å². The number of carbonyl (C=O) groups is 1. The number of ether oxygens (including phenoxy) is 1. The van der Waals surface area contributed by atoms with Crippen molar-refractivity contribution in [2.75, 3.05) is 0 Å². The number of hydrogen-bond acceptors (Lipinski definition) is 3. The summed E-state index contributed by atoms with van der Waals surface area (Å²) in [5, 5.41) is 3.96. The first-order chi connectivity index (χ1) is 10.0. The number of nitrogens with two attached hydrogens (primary N) is 1. The molecule has 108 valence electrons. The second-order valence-electron chi connectivity index (χ2n) is 3.98. The van der Waals surface area contributed by atoms with Crippen molar-refractivity contribution in [3.8, 4) is 11.5 Å². The van der Waals surface area contributed by atoms with Crippen LogP contribution in [0.2, 0.25) is 5.02 Å². The quantitative estimate of drug-likeness (QED) is 0.672. The normalized spacial score (nSPS) is 10.6. The van der Waals surface area contributed by atoms with Crippen molar-refractivity contribution in [2.24, 2.45) is 10.8 Å². The third-order valence-corrected chi connectivity index (χ3v) is 2.68. The summed E-state index contributed by atoms with van der Waals surface area (Å²) in [4.78, 5) is 10.5. The fourth-order valence-electron chi connectivity index (χ4n) is 1.48. The van der Waals surface area contributed by atoms with Crippen LogP contribution in [0.3, 0.4) is 0 Å². The Hall–Kier alpha value is -2.60. The fourth-order valence-corrected chi connectivity index (χ4v) is 1.71. The highest BCUT2D eigenvalue weighted by Crippen LogP contribution is 2.29. The minimum Gasteiger partial charge on any atom is -0.456 e. The molecule has 5 nitrogen and oxygen atoms in total. The van der Waals surface area contributed by atoms with Gasteiger partial charge >= 0.3 is 6.03 Å². The van der Waals surface area contributed by atoms with E-state index in [1.807, 2.05) is 0 Å². The van der Waals surface area contributed by atoms with Gasteiger partial charge in [-0.1, -0.05) is 11.6 Å². The van der Waals surface area contributed by atoms with Crippen LogP contribution < -0.4 is 15.9 Å². The first-order valence-electron chi connectivity index (χ1n) is 5.86. The maximum Gasteiger partial charge on any atom is 0.332 e. The Morgan fingerprint density at radius 2 is 2.00 bits per heavy atom. The van der Waals surface area contributed by atoms with Crippen molar-refractivity contribution in [2.45, 2.75) is 0 Å². The van der Waals surface area contributed by atoms with Crippen LogP contribution in [0.4, 0.5) is 9.18 Å². The Bertz CT molecular complexity index is 674. The van der Waals surface area contributed by atoms with Gasteiger partial charge in [-0.2, -0.15) is 5.10 Å². The molecule has 0 bridgehead atoms. The van der Waals surface area contributed by atoms with Gasteiger partial charge in [0.2, 0.25) is 0 Å². The Morgan fingerprint density at radius 1 is 1.29 bits per heavy atom. The highest BCUT2D eigenvalue weighted by Gasteiger charge is 2.04. The van der Waals surface area contributed by atoms with Gasteiger partial charge < -0.3 is 10.5 Å². The molecule has 2 aromatic carbocycles. The fraction of sp³-hybridized carbons (Fsp3) is 0. The number of primary amides is 1. The zero-order chi connectivity index (χ0) is 15.2. The highest BCUT2D eigenvalue weighted by atomic mass is 35.5. The molecule has 2 amide bonds. The van der Waals surface area contributed by atoms with E-state index in [9.17, 15) is 9.18 Å². The molecule has 0 aliphatic heterocycles. The van der Waals surface area contributed by atoms with Crippen LogP contribution in [0, 0.1) is 5.82 Å². The lowest BCUT2D eigenvalue weighted by atomic mass is 10.2. The number of hydrogen-bond donors (Lipinski definition) is 2. The van der Waals surface area contributed by atoms with Crippen LogP contribution in [0.1, 0.15) is 5.56 Å². The molecule has 3 N–H and O–H groups in total. The van der Waals surface area contributed by atoms with E-state index in [0.29, 0.717) is 22.1 Å². The van der Waals surface area contributed by atoms with Crippen LogP contribution in [0.15, 0.2) is 47.6 Å². The largest absolute Gasteiger partial charge is 0.456 e. The third kappa shape index (κ3) is 4.47. The molecule has 2 aromatic rings. The summed E-state index contributed by atoms with van der Waals surface area (Å²) in [6.07, 6.45) is 1.39. The first-order valence-corrected chi connectivity index (χ1v) is 6.24. The topological polar surface area (TPSA) is 76.7 Å². The van der Waals surface area contributed by atoms with Gasteiger partial charge in [0.05, 0.1) is 11.2 Å². The monoisotopic (exact) mass is 307 g/mol. The number of benzene rings is 2. The van der Waals surface area contributed by atoms with Crippen LogP contribution >= 0.6 is 11.6 Å². The van der Waals surface area contributed by atoms with E-state index in [0.717, 1.165) is 0 Å². The first kappa shape index (κ1) is 14.8. The molecule has 0 fully saturated rings. The number of halogens is 2. The minimum atomic E-state index is -0.756. The molecule has 0 spiro atoms. The second kappa shape index (κ2) is 6.71. The summed E-state index contributed by atoms with van der Waals surface area (Å²) in [7, 11) is 0. The minimum absolute atomic E-state index is 0.345. The number of hydrazone groups is 1. The smallest absolute Gasteiger partial charge is 0.332 e. The number of amides is 2. The van der Waals surface area contributed by atoms with Crippen LogP contribution in [-0.4, -0.2) is 12.2 Å². The lowest BCUT2D eigenvalue weighted by Gasteiger charge is -2.08.